The molecule has 0 aliphatic heterocycles. The predicted octanol–water partition coefficient (Wildman–Crippen LogP) is 8.79. The number of hydrogen-bond donors (Lipinski definition) is 0. The molecule has 30 heavy (non-hydrogen) atoms. The molecule has 0 bridgehead atoms. The molecule has 0 saturated carbocycles. The third kappa shape index (κ3) is 13.5. The van der Waals surface area contributed by atoms with E-state index in [0.717, 1.165) is 0 Å². The Morgan fingerprint density at radius 2 is 1.03 bits per heavy atom. The van der Waals surface area contributed by atoms with E-state index in [2.05, 4.69) is 42.3 Å². The van der Waals surface area contributed by atoms with Crippen molar-refractivity contribution in [2.24, 2.45) is 0 Å². The van der Waals surface area contributed by atoms with Crippen LogP contribution in [0.2, 0.25) is 0 Å². The van der Waals surface area contributed by atoms with Crippen LogP contribution < -0.4 is 4.57 Å². The van der Waals surface area contributed by atoms with Gasteiger partial charge in [-0.2, -0.15) is 0 Å². The van der Waals surface area contributed by atoms with Gasteiger partial charge in [0.05, 0.1) is 13.1 Å². The number of aryl methyl sites for hydroxylation is 2. The van der Waals surface area contributed by atoms with Crippen LogP contribution in [0.15, 0.2) is 12.4 Å². The predicted molar refractivity (Wildman–Crippen MR) is 133 cm³/mol. The lowest BCUT2D eigenvalue weighted by Crippen LogP contribution is -2.37. The fraction of sp³-hybridized carbons (Fsp3) is 0.893. The van der Waals surface area contributed by atoms with Crippen LogP contribution in [0.5, 0.6) is 0 Å². The first-order valence-electron chi connectivity index (χ1n) is 13.9. The quantitative estimate of drug-likeness (QED) is 0.131. The number of imidazole rings is 1. The second kappa shape index (κ2) is 20.1. The number of aromatic nitrogens is 2. The topological polar surface area (TPSA) is 8.81 Å². The van der Waals surface area contributed by atoms with Gasteiger partial charge in [0, 0.05) is 6.42 Å². The van der Waals surface area contributed by atoms with E-state index >= 15 is 0 Å². The molecule has 2 heteroatoms. The van der Waals surface area contributed by atoms with Crippen molar-refractivity contribution in [3.8, 4) is 0 Å². The van der Waals surface area contributed by atoms with Crippen molar-refractivity contribution in [3.63, 3.8) is 0 Å². The van der Waals surface area contributed by atoms with Gasteiger partial charge < -0.3 is 0 Å². The monoisotopic (exact) mass is 419 g/mol. The van der Waals surface area contributed by atoms with Crippen molar-refractivity contribution in [2.75, 3.05) is 0 Å². The number of nitrogens with zero attached hydrogens (tertiary/aromatic N) is 2. The van der Waals surface area contributed by atoms with Gasteiger partial charge in [-0.05, 0) is 25.7 Å². The first kappa shape index (κ1) is 27.2. The summed E-state index contributed by atoms with van der Waals surface area (Å²) < 4.78 is 5.11. The molecule has 0 atom stereocenters. The second-order valence-corrected chi connectivity index (χ2v) is 9.51. The first-order valence-corrected chi connectivity index (χ1v) is 13.9. The SMILES string of the molecule is CCCCCCCCCCCCCCC[n+]1ccn(CCCC)c1CCCCCC. The Bertz CT molecular complexity index is 477. The van der Waals surface area contributed by atoms with Crippen LogP contribution in [0.25, 0.3) is 0 Å². The average Bonchev–Trinajstić information content (AvgIpc) is 3.14. The van der Waals surface area contributed by atoms with E-state index in [9.17, 15) is 0 Å². The molecule has 176 valence electrons. The summed E-state index contributed by atoms with van der Waals surface area (Å²) in [5, 5.41) is 0. The van der Waals surface area contributed by atoms with Gasteiger partial charge in [-0.1, -0.05) is 117 Å². The summed E-state index contributed by atoms with van der Waals surface area (Å²) in [5.41, 5.74) is 0. The van der Waals surface area contributed by atoms with E-state index in [1.165, 1.54) is 142 Å². The van der Waals surface area contributed by atoms with Gasteiger partial charge in [0.2, 0.25) is 0 Å². The van der Waals surface area contributed by atoms with Crippen molar-refractivity contribution >= 4 is 0 Å². The summed E-state index contributed by atoms with van der Waals surface area (Å²) >= 11 is 0. The van der Waals surface area contributed by atoms with E-state index in [1.807, 2.05) is 0 Å². The van der Waals surface area contributed by atoms with E-state index in [0.29, 0.717) is 0 Å². The lowest BCUT2D eigenvalue weighted by atomic mass is 10.0. The largest absolute Gasteiger partial charge is 0.256 e. The highest BCUT2D eigenvalue weighted by molar-refractivity contribution is 4.84. The molecular weight excluding hydrogens is 364 g/mol. The molecule has 2 nitrogen and oxygen atoms in total. The molecule has 1 aromatic heterocycles. The van der Waals surface area contributed by atoms with E-state index in [1.54, 1.807) is 5.82 Å². The average molecular weight is 420 g/mol. The standard InChI is InChI=1S/C28H55N2/c1-4-7-10-12-13-14-15-16-17-18-19-20-22-25-30-27-26-29(24-9-6-3)28(30)23-21-11-8-5-2/h26-27H,4-25H2,1-3H3/q+1. The zero-order valence-electron chi connectivity index (χ0n) is 21.1. The lowest BCUT2D eigenvalue weighted by molar-refractivity contribution is -0.704. The third-order valence-corrected chi connectivity index (χ3v) is 6.60. The highest BCUT2D eigenvalue weighted by Gasteiger charge is 2.16. The van der Waals surface area contributed by atoms with Gasteiger partial charge >= 0.3 is 0 Å². The minimum Gasteiger partial charge on any atom is -0.234 e. The van der Waals surface area contributed by atoms with Crippen LogP contribution in [0.4, 0.5) is 0 Å². The van der Waals surface area contributed by atoms with Crippen LogP contribution in [0.3, 0.4) is 0 Å². The van der Waals surface area contributed by atoms with E-state index in [-0.39, 0.29) is 0 Å². The molecule has 0 unspecified atom stereocenters. The maximum Gasteiger partial charge on any atom is 0.256 e. The first-order chi connectivity index (χ1) is 14.8. The fourth-order valence-electron chi connectivity index (χ4n) is 4.53. The van der Waals surface area contributed by atoms with Gasteiger partial charge in [-0.15, -0.1) is 0 Å². The molecule has 1 aromatic rings. The highest BCUT2D eigenvalue weighted by Crippen LogP contribution is 2.13. The summed E-state index contributed by atoms with van der Waals surface area (Å²) in [6.07, 6.45) is 32.7. The van der Waals surface area contributed by atoms with Crippen molar-refractivity contribution in [2.45, 2.75) is 162 Å². The van der Waals surface area contributed by atoms with Gasteiger partial charge in [-0.3, -0.25) is 0 Å². The maximum absolute atomic E-state index is 2.57. The lowest BCUT2D eigenvalue weighted by Gasteiger charge is -2.06. The molecule has 0 fully saturated rings. The number of hydrogen-bond acceptors (Lipinski definition) is 0. The Morgan fingerprint density at radius 3 is 1.57 bits per heavy atom. The third-order valence-electron chi connectivity index (χ3n) is 6.60. The molecule has 1 rings (SSSR count). The Labute approximate surface area is 189 Å². The smallest absolute Gasteiger partial charge is 0.234 e. The molecular formula is C28H55N2+. The van der Waals surface area contributed by atoms with Crippen LogP contribution in [0, 0.1) is 0 Å². The molecule has 0 aliphatic rings. The van der Waals surface area contributed by atoms with Gasteiger partial charge in [0.25, 0.3) is 5.82 Å². The normalized spacial score (nSPS) is 11.4. The Kier molecular flexibility index (Phi) is 18.3. The molecule has 0 aromatic carbocycles. The van der Waals surface area contributed by atoms with Crippen molar-refractivity contribution in [3.05, 3.63) is 18.2 Å². The molecule has 0 saturated heterocycles. The number of rotatable bonds is 22. The van der Waals surface area contributed by atoms with Crippen molar-refractivity contribution in [1.82, 2.24) is 4.57 Å². The van der Waals surface area contributed by atoms with E-state index < -0.39 is 0 Å². The molecule has 0 N–H and O–H groups in total. The summed E-state index contributed by atoms with van der Waals surface area (Å²) in [6.45, 7) is 9.33. The summed E-state index contributed by atoms with van der Waals surface area (Å²) in [6, 6.07) is 0. The minimum atomic E-state index is 1.20. The summed E-state index contributed by atoms with van der Waals surface area (Å²) in [5.74, 6) is 1.58. The highest BCUT2D eigenvalue weighted by atomic mass is 15.1. The van der Waals surface area contributed by atoms with Crippen molar-refractivity contribution in [1.29, 1.82) is 0 Å². The zero-order valence-corrected chi connectivity index (χ0v) is 21.1. The second-order valence-electron chi connectivity index (χ2n) is 9.51. The maximum atomic E-state index is 2.57. The Hall–Kier alpha value is -0.790. The fourth-order valence-corrected chi connectivity index (χ4v) is 4.53. The molecule has 0 radical (unpaired) electrons. The molecule has 0 aliphatic carbocycles. The summed E-state index contributed by atoms with van der Waals surface area (Å²) in [4.78, 5) is 0. The zero-order chi connectivity index (χ0) is 21.7. The van der Waals surface area contributed by atoms with Gasteiger partial charge in [-0.25, -0.2) is 9.13 Å². The molecule has 0 spiro atoms. The van der Waals surface area contributed by atoms with Gasteiger partial charge in [0.1, 0.15) is 12.4 Å². The van der Waals surface area contributed by atoms with Crippen LogP contribution in [-0.4, -0.2) is 4.57 Å². The van der Waals surface area contributed by atoms with Crippen LogP contribution in [-0.2, 0) is 19.5 Å². The van der Waals surface area contributed by atoms with E-state index in [4.69, 9.17) is 0 Å². The molecule has 1 heterocycles. The minimum absolute atomic E-state index is 1.20. The van der Waals surface area contributed by atoms with Crippen LogP contribution >= 0.6 is 0 Å². The summed E-state index contributed by atoms with van der Waals surface area (Å²) in [7, 11) is 0. The Morgan fingerprint density at radius 1 is 0.567 bits per heavy atom. The van der Waals surface area contributed by atoms with Crippen molar-refractivity contribution < 1.29 is 4.57 Å². The Balaban J connectivity index is 2.14. The molecule has 0 amide bonds. The number of unbranched alkanes of at least 4 members (excludes halogenated alkanes) is 16. The van der Waals surface area contributed by atoms with Gasteiger partial charge in [0.15, 0.2) is 0 Å². The van der Waals surface area contributed by atoms with Crippen LogP contribution in [0.1, 0.15) is 149 Å².